The van der Waals surface area contributed by atoms with E-state index < -0.39 is 30.1 Å². The van der Waals surface area contributed by atoms with Crippen LogP contribution < -0.4 is 19.9 Å². The number of nitrogens with zero attached hydrogens (tertiary/aromatic N) is 4. The van der Waals surface area contributed by atoms with Gasteiger partial charge in [0.25, 0.3) is 10.0 Å². The average molecular weight is 555 g/mol. The number of anilines is 2. The Morgan fingerprint density at radius 3 is 1.94 bits per heavy atom. The third-order valence-corrected chi connectivity index (χ3v) is 9.52. The third kappa shape index (κ3) is 8.08. The predicted octanol–water partition coefficient (Wildman–Crippen LogP) is -1.44. The monoisotopic (exact) mass is 554 g/mol. The lowest BCUT2D eigenvalue weighted by atomic mass is 10.3. The van der Waals surface area contributed by atoms with Crippen LogP contribution in [0, 0.1) is 6.92 Å². The van der Waals surface area contributed by atoms with Crippen molar-refractivity contribution in [3.05, 3.63) is 29.3 Å². The van der Waals surface area contributed by atoms with Gasteiger partial charge in [-0.25, -0.2) is 34.7 Å². The molecule has 0 spiro atoms. The van der Waals surface area contributed by atoms with Gasteiger partial charge in [-0.3, -0.25) is 14.5 Å². The molecule has 3 heterocycles. The van der Waals surface area contributed by atoms with Crippen molar-refractivity contribution in [2.75, 3.05) is 55.1 Å². The SMILES string of the molecule is Cc1nnc(NS(=O)(=O)c2ccc(N)cc2)s1.O=S1(=O)CCN(CN2CCS(=O)(=O)NC2)CN1. The van der Waals surface area contributed by atoms with E-state index in [9.17, 15) is 25.3 Å². The summed E-state index contributed by atoms with van der Waals surface area (Å²) in [6, 6.07) is 5.93. The number of nitrogen functional groups attached to an aromatic ring is 1. The van der Waals surface area contributed by atoms with Crippen LogP contribution in [0.3, 0.4) is 0 Å². The smallest absolute Gasteiger partial charge is 0.263 e. The second kappa shape index (κ2) is 10.8. The molecule has 0 saturated carbocycles. The minimum Gasteiger partial charge on any atom is -0.399 e. The maximum absolute atomic E-state index is 11.9. The largest absolute Gasteiger partial charge is 0.399 e. The van der Waals surface area contributed by atoms with E-state index in [1.807, 2.05) is 9.80 Å². The second-order valence-corrected chi connectivity index (χ2v) is 14.2. The fourth-order valence-electron chi connectivity index (χ4n) is 2.86. The number of rotatable bonds is 5. The lowest BCUT2D eigenvalue weighted by Crippen LogP contribution is -2.55. The van der Waals surface area contributed by atoms with Crippen LogP contribution in [0.4, 0.5) is 10.8 Å². The summed E-state index contributed by atoms with van der Waals surface area (Å²) in [6.45, 7) is 3.82. The van der Waals surface area contributed by atoms with Crippen molar-refractivity contribution in [1.29, 1.82) is 0 Å². The fraction of sp³-hybridized carbons (Fsp3) is 0.500. The third-order valence-electron chi connectivity index (χ3n) is 4.71. The molecule has 190 valence electrons. The normalized spacial score (nSPS) is 20.7. The number of benzene rings is 1. The van der Waals surface area contributed by atoms with E-state index in [2.05, 4.69) is 24.4 Å². The van der Waals surface area contributed by atoms with Gasteiger partial charge in [-0.1, -0.05) is 11.3 Å². The van der Waals surface area contributed by atoms with Gasteiger partial charge in [-0.15, -0.1) is 10.2 Å². The van der Waals surface area contributed by atoms with Gasteiger partial charge in [0.15, 0.2) is 0 Å². The van der Waals surface area contributed by atoms with Crippen LogP contribution in [-0.4, -0.2) is 89.9 Å². The zero-order valence-corrected chi connectivity index (χ0v) is 21.5. The molecular formula is C16H26N8O6S4. The summed E-state index contributed by atoms with van der Waals surface area (Å²) in [5.41, 5.74) is 6.00. The van der Waals surface area contributed by atoms with E-state index in [0.29, 0.717) is 30.5 Å². The summed E-state index contributed by atoms with van der Waals surface area (Å²) < 4.78 is 75.6. The number of hydrogen-bond acceptors (Lipinski definition) is 12. The van der Waals surface area contributed by atoms with Crippen LogP contribution in [0.25, 0.3) is 0 Å². The highest BCUT2D eigenvalue weighted by Gasteiger charge is 2.25. The molecule has 0 radical (unpaired) electrons. The summed E-state index contributed by atoms with van der Waals surface area (Å²) in [5.74, 6) is 0.180. The Labute approximate surface area is 202 Å². The lowest BCUT2D eigenvalue weighted by molar-refractivity contribution is 0.130. The molecule has 0 unspecified atom stereocenters. The van der Waals surface area contributed by atoms with Crippen molar-refractivity contribution < 1.29 is 25.3 Å². The second-order valence-electron chi connectivity index (χ2n) is 7.47. The van der Waals surface area contributed by atoms with Crippen LogP contribution in [-0.2, 0) is 30.1 Å². The van der Waals surface area contributed by atoms with Gasteiger partial charge in [-0.05, 0) is 31.2 Å². The molecular weight excluding hydrogens is 528 g/mol. The Kier molecular flexibility index (Phi) is 8.45. The van der Waals surface area contributed by atoms with Gasteiger partial charge >= 0.3 is 0 Å². The minimum absolute atomic E-state index is 0.0898. The topological polar surface area (TPSA) is 197 Å². The fourth-order valence-corrected chi connectivity index (χ4v) is 6.73. The van der Waals surface area contributed by atoms with Crippen LogP contribution in [0.5, 0.6) is 0 Å². The predicted molar refractivity (Wildman–Crippen MR) is 128 cm³/mol. The van der Waals surface area contributed by atoms with Gasteiger partial charge in [-0.2, -0.15) is 0 Å². The first kappa shape index (κ1) is 26.7. The van der Waals surface area contributed by atoms with Crippen molar-refractivity contribution in [1.82, 2.24) is 29.4 Å². The molecule has 2 fully saturated rings. The summed E-state index contributed by atoms with van der Waals surface area (Å²) >= 11 is 1.18. The van der Waals surface area contributed by atoms with Crippen molar-refractivity contribution in [2.45, 2.75) is 11.8 Å². The first-order valence-electron chi connectivity index (χ1n) is 9.91. The molecule has 1 aromatic heterocycles. The van der Waals surface area contributed by atoms with E-state index in [1.165, 1.54) is 35.6 Å². The molecule has 0 atom stereocenters. The summed E-state index contributed by atoms with van der Waals surface area (Å²) in [5, 5.41) is 8.37. The molecule has 0 aliphatic carbocycles. The molecule has 18 heteroatoms. The highest BCUT2D eigenvalue weighted by atomic mass is 32.2. The molecule has 34 heavy (non-hydrogen) atoms. The molecule has 5 N–H and O–H groups in total. The van der Waals surface area contributed by atoms with E-state index in [-0.39, 0.29) is 34.9 Å². The number of hydrogen-bond donors (Lipinski definition) is 4. The molecule has 2 aromatic rings. The van der Waals surface area contributed by atoms with Crippen LogP contribution in [0.1, 0.15) is 5.01 Å². The molecule has 4 rings (SSSR count). The zero-order chi connectivity index (χ0) is 25.0. The number of aromatic nitrogens is 2. The van der Waals surface area contributed by atoms with Gasteiger partial charge in [0, 0.05) is 18.8 Å². The first-order chi connectivity index (χ1) is 15.8. The molecule has 0 amide bonds. The molecule has 1 aromatic carbocycles. The number of nitrogens with two attached hydrogens (primary N) is 1. The lowest BCUT2D eigenvalue weighted by Gasteiger charge is -2.34. The van der Waals surface area contributed by atoms with Crippen molar-refractivity contribution in [2.24, 2.45) is 0 Å². The molecule has 2 aliphatic heterocycles. The summed E-state index contributed by atoms with van der Waals surface area (Å²) in [4.78, 5) is 4.00. The van der Waals surface area contributed by atoms with Gasteiger partial charge in [0.2, 0.25) is 25.2 Å². The maximum Gasteiger partial charge on any atom is 0.263 e. The quantitative estimate of drug-likeness (QED) is 0.316. The van der Waals surface area contributed by atoms with E-state index in [0.717, 1.165) is 0 Å². The number of aryl methyl sites for hydroxylation is 1. The number of sulfonamides is 3. The Balaban J connectivity index is 0.000000191. The summed E-state index contributed by atoms with van der Waals surface area (Å²) in [7, 11) is -9.81. The molecule has 0 bridgehead atoms. The van der Waals surface area contributed by atoms with Crippen molar-refractivity contribution in [3.63, 3.8) is 0 Å². The number of nitrogens with one attached hydrogen (secondary N) is 3. The average Bonchev–Trinajstić information content (AvgIpc) is 3.15. The van der Waals surface area contributed by atoms with Crippen LogP contribution in [0.15, 0.2) is 29.2 Å². The molecule has 2 aliphatic rings. The molecule has 14 nitrogen and oxygen atoms in total. The Hall–Kier alpha value is -1.93. The van der Waals surface area contributed by atoms with Crippen LogP contribution in [0.2, 0.25) is 0 Å². The summed E-state index contributed by atoms with van der Waals surface area (Å²) in [6.07, 6.45) is 0. The van der Waals surface area contributed by atoms with Crippen molar-refractivity contribution in [3.8, 4) is 0 Å². The minimum atomic E-state index is -3.61. The Morgan fingerprint density at radius 1 is 1.00 bits per heavy atom. The van der Waals surface area contributed by atoms with Gasteiger partial charge in [0.1, 0.15) is 5.01 Å². The highest BCUT2D eigenvalue weighted by Crippen LogP contribution is 2.19. The van der Waals surface area contributed by atoms with Gasteiger partial charge in [0.05, 0.1) is 36.4 Å². The zero-order valence-electron chi connectivity index (χ0n) is 18.2. The highest BCUT2D eigenvalue weighted by molar-refractivity contribution is 7.93. The van der Waals surface area contributed by atoms with E-state index in [4.69, 9.17) is 5.73 Å². The standard InChI is InChI=1S/C9H10N4O2S2.C7H16N4O4S2/c1-6-11-12-9(16-6)13-17(14,15)8-4-2-7(10)3-5-8;12-16(13)3-1-10(5-8-16)7-11-2-4-17(14,15)9-6-11/h2-5H,10H2,1H3,(H,12,13);8-9H,1-7H2. The van der Waals surface area contributed by atoms with E-state index in [1.54, 1.807) is 6.92 Å². The van der Waals surface area contributed by atoms with Gasteiger partial charge < -0.3 is 5.73 Å². The Morgan fingerprint density at radius 2 is 1.53 bits per heavy atom. The van der Waals surface area contributed by atoms with Crippen LogP contribution >= 0.6 is 11.3 Å². The molecule has 2 saturated heterocycles. The van der Waals surface area contributed by atoms with Crippen molar-refractivity contribution >= 4 is 52.2 Å². The maximum atomic E-state index is 11.9. The van der Waals surface area contributed by atoms with E-state index >= 15 is 0 Å². The first-order valence-corrected chi connectivity index (χ1v) is 15.5. The Bertz CT molecular complexity index is 1220.